The van der Waals surface area contributed by atoms with Crippen LogP contribution in [0.5, 0.6) is 5.75 Å². The van der Waals surface area contributed by atoms with Crippen molar-refractivity contribution in [3.8, 4) is 11.4 Å². The van der Waals surface area contributed by atoms with Gasteiger partial charge in [-0.3, -0.25) is 9.89 Å². The predicted octanol–water partition coefficient (Wildman–Crippen LogP) is 1.60. The fraction of sp³-hybridized carbons (Fsp3) is 0.150. The highest BCUT2D eigenvalue weighted by Gasteiger charge is 2.11. The summed E-state index contributed by atoms with van der Waals surface area (Å²) in [7, 11) is -3.81. The van der Waals surface area contributed by atoms with E-state index in [1.807, 2.05) is 32.0 Å². The van der Waals surface area contributed by atoms with E-state index in [2.05, 4.69) is 27.6 Å². The second-order valence-electron chi connectivity index (χ2n) is 6.68. The number of hydrogen-bond donors (Lipinski definition) is 2. The number of rotatable bonds is 5. The fourth-order valence-electron chi connectivity index (χ4n) is 2.76. The summed E-state index contributed by atoms with van der Waals surface area (Å²) in [5, 5.41) is 8.81. The molecule has 3 rings (SSSR count). The van der Waals surface area contributed by atoms with E-state index in [1.54, 1.807) is 6.08 Å². The molecule has 0 bridgehead atoms. The van der Waals surface area contributed by atoms with Gasteiger partial charge in [-0.25, -0.2) is 18.2 Å². The molecule has 29 heavy (non-hydrogen) atoms. The molecule has 0 aliphatic rings. The van der Waals surface area contributed by atoms with Crippen LogP contribution >= 0.6 is 15.9 Å². The quantitative estimate of drug-likeness (QED) is 0.581. The van der Waals surface area contributed by atoms with Crippen LogP contribution in [0.25, 0.3) is 18.3 Å². The van der Waals surface area contributed by atoms with E-state index in [4.69, 9.17) is 9.88 Å². The van der Waals surface area contributed by atoms with Crippen molar-refractivity contribution in [2.45, 2.75) is 24.8 Å². The zero-order valence-electron chi connectivity index (χ0n) is 15.8. The Morgan fingerprint density at radius 1 is 1.21 bits per heavy atom. The summed E-state index contributed by atoms with van der Waals surface area (Å²) in [6.45, 7) is 7.76. The Labute approximate surface area is 176 Å². The summed E-state index contributed by atoms with van der Waals surface area (Å²) in [6.07, 6.45) is 1.68. The Balaban J connectivity index is 2.13. The average Bonchev–Trinajstić information content (AvgIpc) is 2.91. The second-order valence-corrected chi connectivity index (χ2v) is 9.15. The third kappa shape index (κ3) is 4.69. The lowest BCUT2D eigenvalue weighted by atomic mass is 10.1. The Hall–Kier alpha value is -2.62. The van der Waals surface area contributed by atoms with Gasteiger partial charge in [-0.2, -0.15) is 0 Å². The molecule has 0 aliphatic heterocycles. The van der Waals surface area contributed by atoms with Crippen LogP contribution < -0.4 is 26.0 Å². The Kier molecular flexibility index (Phi) is 5.83. The SMILES string of the molecule is C=c1[nH]n(-c2ccc(S(N)(=O)=O)cc2)c(=O)/c1=C/c1cc(Br)ccc1OC(C)C. The van der Waals surface area contributed by atoms with Gasteiger partial charge in [0.25, 0.3) is 5.56 Å². The first kappa shape index (κ1) is 21.1. The van der Waals surface area contributed by atoms with Crippen LogP contribution in [0.4, 0.5) is 0 Å². The minimum Gasteiger partial charge on any atom is -0.490 e. The number of nitrogens with two attached hydrogens (primary N) is 1. The van der Waals surface area contributed by atoms with E-state index in [-0.39, 0.29) is 16.6 Å². The monoisotopic (exact) mass is 477 g/mol. The van der Waals surface area contributed by atoms with E-state index in [0.717, 1.165) is 10.0 Å². The molecule has 0 saturated carbocycles. The third-order valence-electron chi connectivity index (χ3n) is 4.06. The smallest absolute Gasteiger partial charge is 0.279 e. The minimum atomic E-state index is -3.81. The molecule has 0 saturated heterocycles. The largest absolute Gasteiger partial charge is 0.490 e. The van der Waals surface area contributed by atoms with Crippen molar-refractivity contribution in [3.63, 3.8) is 0 Å². The van der Waals surface area contributed by atoms with Gasteiger partial charge in [-0.15, -0.1) is 0 Å². The van der Waals surface area contributed by atoms with Gasteiger partial charge in [0.15, 0.2) is 0 Å². The predicted molar refractivity (Wildman–Crippen MR) is 116 cm³/mol. The summed E-state index contributed by atoms with van der Waals surface area (Å²) < 4.78 is 30.8. The third-order valence-corrected chi connectivity index (χ3v) is 5.49. The maximum atomic E-state index is 13.0. The van der Waals surface area contributed by atoms with Crippen LogP contribution in [0.1, 0.15) is 19.4 Å². The van der Waals surface area contributed by atoms with Crippen LogP contribution in [0.3, 0.4) is 0 Å². The van der Waals surface area contributed by atoms with Crippen molar-refractivity contribution in [1.29, 1.82) is 0 Å². The molecule has 152 valence electrons. The number of aromatic nitrogens is 2. The fourth-order valence-corrected chi connectivity index (χ4v) is 3.65. The van der Waals surface area contributed by atoms with E-state index >= 15 is 0 Å². The van der Waals surface area contributed by atoms with Crippen LogP contribution in [0, 0.1) is 0 Å². The van der Waals surface area contributed by atoms with Gasteiger partial charge in [0, 0.05) is 10.0 Å². The van der Waals surface area contributed by atoms with Gasteiger partial charge < -0.3 is 4.74 Å². The first-order valence-corrected chi connectivity index (χ1v) is 11.0. The van der Waals surface area contributed by atoms with E-state index in [1.165, 1.54) is 28.9 Å². The van der Waals surface area contributed by atoms with E-state index < -0.39 is 10.0 Å². The molecule has 0 aliphatic carbocycles. The van der Waals surface area contributed by atoms with Crippen LogP contribution in [-0.2, 0) is 10.0 Å². The number of hydrogen-bond acceptors (Lipinski definition) is 4. The number of ether oxygens (including phenoxy) is 1. The number of H-pyrrole nitrogens is 1. The molecular weight excluding hydrogens is 458 g/mol. The summed E-state index contributed by atoms with van der Waals surface area (Å²) in [6, 6.07) is 11.2. The van der Waals surface area contributed by atoms with Crippen LogP contribution in [0.15, 0.2) is 56.6 Å². The molecule has 7 nitrogen and oxygen atoms in total. The lowest BCUT2D eigenvalue weighted by Gasteiger charge is -2.12. The molecule has 1 aromatic heterocycles. The molecule has 0 unspecified atom stereocenters. The zero-order chi connectivity index (χ0) is 21.3. The van der Waals surface area contributed by atoms with E-state index in [0.29, 0.717) is 22.0 Å². The topological polar surface area (TPSA) is 107 Å². The molecule has 3 N–H and O–H groups in total. The molecule has 1 heterocycles. The lowest BCUT2D eigenvalue weighted by Crippen LogP contribution is -2.34. The standard InChI is InChI=1S/C20H20BrN3O4S/c1-12(2)28-19-9-4-15(21)10-14(19)11-18-13(3)23-24(20(18)25)16-5-7-17(8-6-16)29(22,26)27/h4-12,23H,3H2,1-2H3,(H2,22,26,27)/b18-11+. The number of primary sulfonamides is 1. The molecule has 0 amide bonds. The number of nitrogens with one attached hydrogen (secondary N) is 1. The van der Waals surface area contributed by atoms with Crippen molar-refractivity contribution in [2.24, 2.45) is 5.14 Å². The summed E-state index contributed by atoms with van der Waals surface area (Å²) in [5.74, 6) is 0.646. The number of benzene rings is 2. The number of sulfonamides is 1. The zero-order valence-corrected chi connectivity index (χ0v) is 18.2. The van der Waals surface area contributed by atoms with Gasteiger partial charge in [-0.05, 0) is 62.4 Å². The number of aromatic amines is 1. The van der Waals surface area contributed by atoms with Crippen molar-refractivity contribution >= 4 is 38.6 Å². The molecule has 0 spiro atoms. The highest BCUT2D eigenvalue weighted by molar-refractivity contribution is 9.10. The normalized spacial score (nSPS) is 12.5. The molecule has 2 aromatic carbocycles. The maximum Gasteiger partial charge on any atom is 0.279 e. The van der Waals surface area contributed by atoms with Gasteiger partial charge in [0.1, 0.15) is 5.75 Å². The van der Waals surface area contributed by atoms with Gasteiger partial charge >= 0.3 is 0 Å². The van der Waals surface area contributed by atoms with Gasteiger partial charge in [0.2, 0.25) is 10.0 Å². The lowest BCUT2D eigenvalue weighted by molar-refractivity contribution is 0.242. The first-order chi connectivity index (χ1) is 13.6. The summed E-state index contributed by atoms with van der Waals surface area (Å²) in [5.41, 5.74) is 0.861. The highest BCUT2D eigenvalue weighted by atomic mass is 79.9. The van der Waals surface area contributed by atoms with Crippen molar-refractivity contribution in [3.05, 3.63) is 73.4 Å². The average molecular weight is 478 g/mol. The number of halogens is 1. The van der Waals surface area contributed by atoms with E-state index in [9.17, 15) is 13.2 Å². The minimum absolute atomic E-state index is 0.0252. The Morgan fingerprint density at radius 3 is 2.45 bits per heavy atom. The molecule has 9 heteroatoms. The molecule has 0 radical (unpaired) electrons. The first-order valence-electron chi connectivity index (χ1n) is 8.67. The molecule has 0 fully saturated rings. The van der Waals surface area contributed by atoms with Gasteiger partial charge in [-0.1, -0.05) is 22.5 Å². The van der Waals surface area contributed by atoms with Crippen molar-refractivity contribution in [2.75, 3.05) is 0 Å². The van der Waals surface area contributed by atoms with Crippen LogP contribution in [0.2, 0.25) is 0 Å². The van der Waals surface area contributed by atoms with Crippen molar-refractivity contribution in [1.82, 2.24) is 9.78 Å². The molecule has 0 atom stereocenters. The number of nitrogens with zero attached hydrogens (tertiary/aromatic N) is 1. The maximum absolute atomic E-state index is 13.0. The summed E-state index contributed by atoms with van der Waals surface area (Å²) >= 11 is 3.44. The van der Waals surface area contributed by atoms with Gasteiger partial charge in [0.05, 0.1) is 27.3 Å². The second kappa shape index (κ2) is 8.02. The van der Waals surface area contributed by atoms with Crippen LogP contribution in [-0.4, -0.2) is 24.3 Å². The highest BCUT2D eigenvalue weighted by Crippen LogP contribution is 2.24. The Morgan fingerprint density at radius 2 is 1.86 bits per heavy atom. The molecular formula is C20H20BrN3O4S. The molecule has 3 aromatic rings. The Bertz CT molecular complexity index is 1320. The summed E-state index contributed by atoms with van der Waals surface area (Å²) in [4.78, 5) is 12.9. The van der Waals surface area contributed by atoms with Crippen molar-refractivity contribution < 1.29 is 13.2 Å².